The number of para-hydroxylation sites is 2. The van der Waals surface area contributed by atoms with E-state index >= 15 is 0 Å². The molecule has 4 aromatic rings. The van der Waals surface area contributed by atoms with Crippen LogP contribution in [0.25, 0.3) is 27.5 Å². The fourth-order valence-corrected chi connectivity index (χ4v) is 3.01. The fraction of sp³-hybridized carbons (Fsp3) is 0. The van der Waals surface area contributed by atoms with Crippen LogP contribution in [-0.2, 0) is 0 Å². The number of nitrogens with zero attached hydrogens (tertiary/aromatic N) is 1. The van der Waals surface area contributed by atoms with Crippen LogP contribution >= 0.6 is 0 Å². The summed E-state index contributed by atoms with van der Waals surface area (Å²) >= 11 is 0. The zero-order valence-electron chi connectivity index (χ0n) is 11.4. The highest BCUT2D eigenvalue weighted by atomic mass is 16.2. The minimum absolute atomic E-state index is 0.846. The van der Waals surface area contributed by atoms with E-state index in [0.717, 1.165) is 33.0 Å². The van der Waals surface area contributed by atoms with Gasteiger partial charge in [-0.25, -0.2) is 0 Å². The van der Waals surface area contributed by atoms with Gasteiger partial charge in [-0.05, 0) is 29.7 Å². The normalized spacial score (nSPS) is 11.1. The quantitative estimate of drug-likeness (QED) is 0.556. The molecule has 21 heavy (non-hydrogen) atoms. The number of rotatable bonds is 2. The van der Waals surface area contributed by atoms with Crippen molar-refractivity contribution in [2.75, 3.05) is 0 Å². The molecule has 1 heterocycles. The molecule has 4 rings (SSSR count). The third kappa shape index (κ3) is 1.78. The maximum Gasteiger partial charge on any atom is 0.327 e. The van der Waals surface area contributed by atoms with Gasteiger partial charge >= 0.3 is 7.48 Å². The number of fused-ring (bicyclic) bond motifs is 3. The molecule has 0 aliphatic heterocycles. The zero-order valence-corrected chi connectivity index (χ0v) is 11.4. The Morgan fingerprint density at radius 2 is 1.43 bits per heavy atom. The highest BCUT2D eigenvalue weighted by Crippen LogP contribution is 2.30. The van der Waals surface area contributed by atoms with E-state index in [1.165, 1.54) is 7.48 Å². The highest BCUT2D eigenvalue weighted by molar-refractivity contribution is 6.51. The minimum atomic E-state index is 0.846. The molecule has 0 unspecified atom stereocenters. The first-order valence-electron chi connectivity index (χ1n) is 6.95. The molecule has 1 N–H and O–H groups in total. The Labute approximate surface area is 123 Å². The van der Waals surface area contributed by atoms with Crippen molar-refractivity contribution in [2.24, 2.45) is 0 Å². The summed E-state index contributed by atoms with van der Waals surface area (Å²) in [5.41, 5.74) is 4.22. The molecule has 0 aliphatic carbocycles. The average Bonchev–Trinajstić information content (AvgIpc) is 2.90. The molecule has 0 fully saturated rings. The van der Waals surface area contributed by atoms with Crippen LogP contribution in [0.4, 0.5) is 0 Å². The van der Waals surface area contributed by atoms with Crippen LogP contribution in [0.5, 0.6) is 0 Å². The van der Waals surface area contributed by atoms with E-state index in [2.05, 4.69) is 34.9 Å². The molecule has 3 heteroatoms. The molecular weight excluding hydrogens is 257 g/mol. The summed E-state index contributed by atoms with van der Waals surface area (Å²) in [6.07, 6.45) is 0. The van der Waals surface area contributed by atoms with E-state index in [-0.39, 0.29) is 0 Å². The van der Waals surface area contributed by atoms with Crippen molar-refractivity contribution < 1.29 is 5.02 Å². The maximum absolute atomic E-state index is 9.54. The van der Waals surface area contributed by atoms with E-state index < -0.39 is 0 Å². The number of benzene rings is 3. The molecule has 0 aliphatic rings. The third-order valence-electron chi connectivity index (χ3n) is 3.88. The predicted octanol–water partition coefficient (Wildman–Crippen LogP) is 3.02. The number of hydrogen-bond donors (Lipinski definition) is 1. The molecule has 99 valence electrons. The Morgan fingerprint density at radius 1 is 0.714 bits per heavy atom. The first-order valence-corrected chi connectivity index (χ1v) is 6.95. The van der Waals surface area contributed by atoms with Crippen molar-refractivity contribution in [2.45, 2.75) is 0 Å². The van der Waals surface area contributed by atoms with Crippen molar-refractivity contribution in [3.63, 3.8) is 0 Å². The second-order valence-electron chi connectivity index (χ2n) is 5.06. The van der Waals surface area contributed by atoms with Crippen molar-refractivity contribution >= 4 is 34.8 Å². The fourth-order valence-electron chi connectivity index (χ4n) is 3.01. The van der Waals surface area contributed by atoms with E-state index in [4.69, 9.17) is 0 Å². The Morgan fingerprint density at radius 3 is 2.24 bits per heavy atom. The topological polar surface area (TPSA) is 25.2 Å². The lowest BCUT2D eigenvalue weighted by Crippen LogP contribution is -2.13. The van der Waals surface area contributed by atoms with E-state index in [1.807, 2.05) is 42.5 Å². The Hall–Kier alpha value is -2.52. The largest absolute Gasteiger partial charge is 0.450 e. The molecule has 1 aromatic heterocycles. The lowest BCUT2D eigenvalue weighted by atomic mass is 9.85. The molecule has 0 saturated heterocycles. The molecular formula is C18H13BNO. The molecule has 0 atom stereocenters. The van der Waals surface area contributed by atoms with E-state index in [0.29, 0.717) is 0 Å². The van der Waals surface area contributed by atoms with Crippen LogP contribution in [0.15, 0.2) is 72.8 Å². The van der Waals surface area contributed by atoms with Gasteiger partial charge in [0.15, 0.2) is 0 Å². The minimum Gasteiger partial charge on any atom is -0.450 e. The lowest BCUT2D eigenvalue weighted by molar-refractivity contribution is 0.616. The first-order chi connectivity index (χ1) is 10.4. The monoisotopic (exact) mass is 270 g/mol. The Bertz CT molecular complexity index is 928. The van der Waals surface area contributed by atoms with Gasteiger partial charge in [-0.2, -0.15) is 0 Å². The van der Waals surface area contributed by atoms with E-state index in [9.17, 15) is 5.02 Å². The van der Waals surface area contributed by atoms with Crippen LogP contribution in [0.3, 0.4) is 0 Å². The van der Waals surface area contributed by atoms with Gasteiger partial charge in [0, 0.05) is 16.5 Å². The molecule has 0 saturated carbocycles. The summed E-state index contributed by atoms with van der Waals surface area (Å²) in [5.74, 6) is 0. The van der Waals surface area contributed by atoms with Gasteiger partial charge in [-0.15, -0.1) is 0 Å². The first kappa shape index (κ1) is 12.2. The lowest BCUT2D eigenvalue weighted by Gasteiger charge is -2.07. The van der Waals surface area contributed by atoms with Crippen LogP contribution in [-0.4, -0.2) is 17.1 Å². The van der Waals surface area contributed by atoms with Crippen molar-refractivity contribution in [1.29, 1.82) is 0 Å². The van der Waals surface area contributed by atoms with Gasteiger partial charge in [-0.3, -0.25) is 0 Å². The molecule has 0 amide bonds. The van der Waals surface area contributed by atoms with Crippen molar-refractivity contribution in [3.8, 4) is 5.69 Å². The van der Waals surface area contributed by atoms with Crippen LogP contribution in [0.2, 0.25) is 0 Å². The summed E-state index contributed by atoms with van der Waals surface area (Å²) in [7, 11) is 1.18. The summed E-state index contributed by atoms with van der Waals surface area (Å²) in [4.78, 5) is 0. The molecule has 1 radical (unpaired) electrons. The Balaban J connectivity index is 2.23. The summed E-state index contributed by atoms with van der Waals surface area (Å²) in [5, 5.41) is 11.8. The number of aromatic nitrogens is 1. The zero-order chi connectivity index (χ0) is 14.2. The van der Waals surface area contributed by atoms with Crippen molar-refractivity contribution in [1.82, 2.24) is 4.57 Å². The Kier molecular flexibility index (Phi) is 2.79. The van der Waals surface area contributed by atoms with Crippen LogP contribution in [0.1, 0.15) is 0 Å². The SMILES string of the molecule is O[B]c1cccc2c1c1ccccc1n2-c1ccccc1. The van der Waals surface area contributed by atoms with Crippen LogP contribution < -0.4 is 5.46 Å². The van der Waals surface area contributed by atoms with Crippen molar-refractivity contribution in [3.05, 3.63) is 72.8 Å². The van der Waals surface area contributed by atoms with Gasteiger partial charge < -0.3 is 9.59 Å². The van der Waals surface area contributed by atoms with E-state index in [1.54, 1.807) is 0 Å². The predicted molar refractivity (Wildman–Crippen MR) is 88.4 cm³/mol. The van der Waals surface area contributed by atoms with Gasteiger partial charge in [0.1, 0.15) is 0 Å². The average molecular weight is 270 g/mol. The molecule has 0 bridgehead atoms. The smallest absolute Gasteiger partial charge is 0.327 e. The second kappa shape index (κ2) is 4.79. The van der Waals surface area contributed by atoms with Gasteiger partial charge in [0.2, 0.25) is 0 Å². The molecule has 2 nitrogen and oxygen atoms in total. The summed E-state index contributed by atoms with van der Waals surface area (Å²) in [6.45, 7) is 0. The summed E-state index contributed by atoms with van der Waals surface area (Å²) < 4.78 is 2.23. The third-order valence-corrected chi connectivity index (χ3v) is 3.88. The number of hydrogen-bond acceptors (Lipinski definition) is 1. The maximum atomic E-state index is 9.54. The van der Waals surface area contributed by atoms with Gasteiger partial charge in [-0.1, -0.05) is 48.5 Å². The molecule has 3 aromatic carbocycles. The highest BCUT2D eigenvalue weighted by Gasteiger charge is 2.14. The van der Waals surface area contributed by atoms with Crippen LogP contribution in [0, 0.1) is 0 Å². The summed E-state index contributed by atoms with van der Waals surface area (Å²) in [6, 6.07) is 24.6. The van der Waals surface area contributed by atoms with Gasteiger partial charge in [0.05, 0.1) is 11.0 Å². The van der Waals surface area contributed by atoms with Gasteiger partial charge in [0.25, 0.3) is 0 Å². The standard InChI is InChI=1S/C18H13BNO/c21-19-15-10-6-12-17-18(15)14-9-4-5-11-16(14)20(17)13-7-2-1-3-8-13/h1-12,21H. The second-order valence-corrected chi connectivity index (χ2v) is 5.06. The molecule has 0 spiro atoms.